The van der Waals surface area contributed by atoms with Gasteiger partial charge in [0, 0.05) is 13.3 Å². The summed E-state index contributed by atoms with van der Waals surface area (Å²) in [7, 11) is 0. The maximum absolute atomic E-state index is 12.4. The zero-order chi connectivity index (χ0) is 19.9. The van der Waals surface area contributed by atoms with Crippen molar-refractivity contribution in [1.29, 1.82) is 0 Å². The van der Waals surface area contributed by atoms with Gasteiger partial charge in [0.25, 0.3) is 0 Å². The summed E-state index contributed by atoms with van der Waals surface area (Å²) in [5, 5.41) is 5.67. The van der Waals surface area contributed by atoms with E-state index in [2.05, 4.69) is 10.6 Å². The minimum absolute atomic E-state index is 0.0840. The first-order valence-corrected chi connectivity index (χ1v) is 9.93. The summed E-state index contributed by atoms with van der Waals surface area (Å²) in [6, 6.07) is 13.6. The van der Waals surface area contributed by atoms with Crippen LogP contribution in [0, 0.1) is 6.92 Å². The quantitative estimate of drug-likeness (QED) is 0.722. The van der Waals surface area contributed by atoms with Gasteiger partial charge in [-0.1, -0.05) is 18.2 Å². The lowest BCUT2D eigenvalue weighted by Gasteiger charge is -2.14. The van der Waals surface area contributed by atoms with Gasteiger partial charge in [0.2, 0.25) is 11.8 Å². The molecule has 2 aromatic carbocycles. The summed E-state index contributed by atoms with van der Waals surface area (Å²) in [5.41, 5.74) is 3.33. The average Bonchev–Trinajstić information content (AvgIpc) is 3.15. The monoisotopic (exact) mass is 380 g/mol. The molecule has 1 fully saturated rings. The van der Waals surface area contributed by atoms with E-state index in [1.54, 1.807) is 6.07 Å². The van der Waals surface area contributed by atoms with Crippen LogP contribution in [-0.4, -0.2) is 17.9 Å². The molecule has 0 bridgehead atoms. The van der Waals surface area contributed by atoms with Crippen LogP contribution in [0.2, 0.25) is 0 Å². The van der Waals surface area contributed by atoms with E-state index in [1.807, 2.05) is 43.3 Å². The standard InChI is InChI=1S/C23H28N2O3/c1-16-10-12-21(24-17(2)26)22(14-16)25-23(27)13-11-18-6-5-9-20(15-18)28-19-7-3-4-8-19/h5-6,9-10,12,14-15,19H,3-4,7-8,11,13H2,1-2H3,(H,24,26)(H,25,27). The average molecular weight is 380 g/mol. The molecule has 0 aromatic heterocycles. The van der Waals surface area contributed by atoms with Crippen LogP contribution < -0.4 is 15.4 Å². The number of hydrogen-bond donors (Lipinski definition) is 2. The maximum atomic E-state index is 12.4. The number of amides is 2. The molecule has 28 heavy (non-hydrogen) atoms. The van der Waals surface area contributed by atoms with Crippen molar-refractivity contribution >= 4 is 23.2 Å². The molecule has 0 heterocycles. The second kappa shape index (κ2) is 9.40. The van der Waals surface area contributed by atoms with Crippen LogP contribution in [-0.2, 0) is 16.0 Å². The smallest absolute Gasteiger partial charge is 0.224 e. The van der Waals surface area contributed by atoms with Gasteiger partial charge >= 0.3 is 0 Å². The molecule has 0 unspecified atom stereocenters. The van der Waals surface area contributed by atoms with E-state index < -0.39 is 0 Å². The summed E-state index contributed by atoms with van der Waals surface area (Å²) in [6.07, 6.45) is 6.05. The van der Waals surface area contributed by atoms with E-state index >= 15 is 0 Å². The molecule has 3 rings (SSSR count). The van der Waals surface area contributed by atoms with Crippen LogP contribution >= 0.6 is 0 Å². The number of rotatable bonds is 7. The van der Waals surface area contributed by atoms with Gasteiger partial charge in [-0.15, -0.1) is 0 Å². The van der Waals surface area contributed by atoms with Gasteiger partial charge in [0.05, 0.1) is 17.5 Å². The zero-order valence-electron chi connectivity index (χ0n) is 16.6. The number of ether oxygens (including phenoxy) is 1. The molecule has 0 saturated heterocycles. The number of benzene rings is 2. The fourth-order valence-corrected chi connectivity index (χ4v) is 3.50. The van der Waals surface area contributed by atoms with Crippen LogP contribution in [0.25, 0.3) is 0 Å². The van der Waals surface area contributed by atoms with Gasteiger partial charge in [-0.05, 0) is 74.4 Å². The van der Waals surface area contributed by atoms with Crippen molar-refractivity contribution in [3.63, 3.8) is 0 Å². The molecule has 2 N–H and O–H groups in total. The highest BCUT2D eigenvalue weighted by atomic mass is 16.5. The van der Waals surface area contributed by atoms with Gasteiger partial charge in [0.15, 0.2) is 0 Å². The van der Waals surface area contributed by atoms with Crippen molar-refractivity contribution < 1.29 is 14.3 Å². The van der Waals surface area contributed by atoms with Crippen LogP contribution in [0.5, 0.6) is 5.75 Å². The molecular weight excluding hydrogens is 352 g/mol. The maximum Gasteiger partial charge on any atom is 0.224 e. The van der Waals surface area contributed by atoms with Crippen molar-refractivity contribution in [1.82, 2.24) is 0 Å². The molecule has 0 radical (unpaired) electrons. The fourth-order valence-electron chi connectivity index (χ4n) is 3.50. The molecule has 0 atom stereocenters. The van der Waals surface area contributed by atoms with Crippen LogP contribution in [0.3, 0.4) is 0 Å². The highest BCUT2D eigenvalue weighted by Crippen LogP contribution is 2.26. The van der Waals surface area contributed by atoms with E-state index in [9.17, 15) is 9.59 Å². The zero-order valence-corrected chi connectivity index (χ0v) is 16.6. The van der Waals surface area contributed by atoms with Crippen molar-refractivity contribution in [3.05, 3.63) is 53.6 Å². The molecule has 5 heteroatoms. The number of nitrogens with one attached hydrogen (secondary N) is 2. The normalized spacial score (nSPS) is 13.9. The van der Waals surface area contributed by atoms with E-state index in [-0.39, 0.29) is 11.8 Å². The van der Waals surface area contributed by atoms with Gasteiger partial charge in [-0.2, -0.15) is 0 Å². The number of aryl methyl sites for hydroxylation is 2. The van der Waals surface area contributed by atoms with Gasteiger partial charge in [-0.25, -0.2) is 0 Å². The number of carbonyl (C=O) groups excluding carboxylic acids is 2. The predicted molar refractivity (Wildman–Crippen MR) is 112 cm³/mol. The van der Waals surface area contributed by atoms with Crippen molar-refractivity contribution in [2.45, 2.75) is 58.5 Å². The van der Waals surface area contributed by atoms with Gasteiger partial charge in [-0.3, -0.25) is 9.59 Å². The Hall–Kier alpha value is -2.82. The summed E-state index contributed by atoms with van der Waals surface area (Å²) in [4.78, 5) is 23.8. The van der Waals surface area contributed by atoms with E-state index in [4.69, 9.17) is 4.74 Å². The third-order valence-corrected chi connectivity index (χ3v) is 4.90. The topological polar surface area (TPSA) is 67.4 Å². The Kier molecular flexibility index (Phi) is 6.69. The highest BCUT2D eigenvalue weighted by molar-refractivity contribution is 5.99. The SMILES string of the molecule is CC(=O)Nc1ccc(C)cc1NC(=O)CCc1cccc(OC2CCCC2)c1. The van der Waals surface area contributed by atoms with Gasteiger partial charge in [0.1, 0.15) is 5.75 Å². The second-order valence-corrected chi connectivity index (χ2v) is 7.45. The Labute approximate surface area is 166 Å². The van der Waals surface area contributed by atoms with Crippen LogP contribution in [0.15, 0.2) is 42.5 Å². The molecule has 1 aliphatic carbocycles. The lowest BCUT2D eigenvalue weighted by atomic mass is 10.1. The van der Waals surface area contributed by atoms with Crippen LogP contribution in [0.1, 0.15) is 50.2 Å². The van der Waals surface area contributed by atoms with E-state index in [0.717, 1.165) is 29.7 Å². The molecule has 1 saturated carbocycles. The molecule has 0 spiro atoms. The van der Waals surface area contributed by atoms with Crippen molar-refractivity contribution in [3.8, 4) is 5.75 Å². The third-order valence-electron chi connectivity index (χ3n) is 4.90. The van der Waals surface area contributed by atoms with Crippen molar-refractivity contribution in [2.75, 3.05) is 10.6 Å². The van der Waals surface area contributed by atoms with E-state index in [1.165, 1.54) is 19.8 Å². The number of carbonyl (C=O) groups is 2. The first-order valence-electron chi connectivity index (χ1n) is 9.93. The Bertz CT molecular complexity index is 841. The number of anilines is 2. The largest absolute Gasteiger partial charge is 0.490 e. The van der Waals surface area contributed by atoms with E-state index in [0.29, 0.717) is 30.3 Å². The number of hydrogen-bond acceptors (Lipinski definition) is 3. The van der Waals surface area contributed by atoms with Crippen LogP contribution in [0.4, 0.5) is 11.4 Å². The lowest BCUT2D eigenvalue weighted by Crippen LogP contribution is -2.15. The summed E-state index contributed by atoms with van der Waals surface area (Å²) >= 11 is 0. The Morgan fingerprint density at radius 2 is 1.82 bits per heavy atom. The first kappa shape index (κ1) is 19.9. The molecular formula is C23H28N2O3. The molecule has 0 aliphatic heterocycles. The Morgan fingerprint density at radius 3 is 2.57 bits per heavy atom. The summed E-state index contributed by atoms with van der Waals surface area (Å²) in [6.45, 7) is 3.40. The van der Waals surface area contributed by atoms with Crippen molar-refractivity contribution in [2.24, 2.45) is 0 Å². The molecule has 1 aliphatic rings. The van der Waals surface area contributed by atoms with Gasteiger partial charge < -0.3 is 15.4 Å². The molecule has 2 aromatic rings. The first-order chi connectivity index (χ1) is 13.5. The fraction of sp³-hybridized carbons (Fsp3) is 0.391. The predicted octanol–water partition coefficient (Wildman–Crippen LogP) is 4.85. The minimum Gasteiger partial charge on any atom is -0.490 e. The third kappa shape index (κ3) is 5.84. The summed E-state index contributed by atoms with van der Waals surface area (Å²) in [5.74, 6) is 0.634. The Balaban J connectivity index is 1.57. The highest BCUT2D eigenvalue weighted by Gasteiger charge is 2.16. The molecule has 5 nitrogen and oxygen atoms in total. The lowest BCUT2D eigenvalue weighted by molar-refractivity contribution is -0.116. The molecule has 2 amide bonds. The molecule has 148 valence electrons. The second-order valence-electron chi connectivity index (χ2n) is 7.45. The minimum atomic E-state index is -0.168. The summed E-state index contributed by atoms with van der Waals surface area (Å²) < 4.78 is 6.04. The Morgan fingerprint density at radius 1 is 1.04 bits per heavy atom.